The third kappa shape index (κ3) is 2.08. The number of nitrogens with zero attached hydrogens (tertiary/aromatic N) is 2. The molecule has 0 saturated heterocycles. The molecule has 0 amide bonds. The van der Waals surface area contributed by atoms with Crippen LogP contribution in [0.5, 0.6) is 0 Å². The predicted octanol–water partition coefficient (Wildman–Crippen LogP) is 1.59. The van der Waals surface area contributed by atoms with E-state index in [-0.39, 0.29) is 6.90 Å². The SMILES string of the molecule is [2H]Cc1nc(C)c(C(C)C)nc1[B]C. The average molecular weight is 176 g/mol. The summed E-state index contributed by atoms with van der Waals surface area (Å²) >= 11 is 0. The first-order valence-corrected chi connectivity index (χ1v) is 4.56. The second-order valence-corrected chi connectivity index (χ2v) is 3.47. The van der Waals surface area contributed by atoms with Gasteiger partial charge in [0.1, 0.15) is 0 Å². The smallest absolute Gasteiger partial charge is 0.176 e. The summed E-state index contributed by atoms with van der Waals surface area (Å²) in [5.74, 6) is 0.390. The summed E-state index contributed by atoms with van der Waals surface area (Å²) in [6, 6.07) is 0. The van der Waals surface area contributed by atoms with Crippen molar-refractivity contribution >= 4 is 12.9 Å². The molecular formula is C10H16BN2. The zero-order valence-corrected chi connectivity index (χ0v) is 8.76. The molecular weight excluding hydrogens is 159 g/mol. The zero-order chi connectivity index (χ0) is 10.7. The van der Waals surface area contributed by atoms with Crippen molar-refractivity contribution in [2.24, 2.45) is 0 Å². The van der Waals surface area contributed by atoms with Crippen molar-refractivity contribution in [3.63, 3.8) is 0 Å². The van der Waals surface area contributed by atoms with Gasteiger partial charge in [0.05, 0.1) is 11.4 Å². The second-order valence-electron chi connectivity index (χ2n) is 3.47. The van der Waals surface area contributed by atoms with Crippen LogP contribution in [0.15, 0.2) is 0 Å². The summed E-state index contributed by atoms with van der Waals surface area (Å²) in [6.45, 7) is 8.31. The number of aromatic nitrogens is 2. The van der Waals surface area contributed by atoms with E-state index in [9.17, 15) is 0 Å². The second kappa shape index (κ2) is 3.90. The lowest BCUT2D eigenvalue weighted by atomic mass is 9.76. The van der Waals surface area contributed by atoms with Crippen LogP contribution >= 0.6 is 0 Å². The van der Waals surface area contributed by atoms with Crippen LogP contribution in [-0.4, -0.2) is 17.2 Å². The van der Waals surface area contributed by atoms with E-state index in [1.807, 2.05) is 21.0 Å². The molecule has 0 unspecified atom stereocenters. The molecule has 0 aromatic carbocycles. The first kappa shape index (κ1) is 8.73. The van der Waals surface area contributed by atoms with Crippen LogP contribution in [0, 0.1) is 13.8 Å². The summed E-state index contributed by atoms with van der Waals surface area (Å²) in [7, 11) is 1.92. The molecule has 0 bridgehead atoms. The molecule has 1 rings (SSSR count). The summed E-state index contributed by atoms with van der Waals surface area (Å²) in [4.78, 5) is 8.93. The van der Waals surface area contributed by atoms with Gasteiger partial charge >= 0.3 is 0 Å². The Kier molecular flexibility index (Phi) is 2.62. The van der Waals surface area contributed by atoms with Crippen molar-refractivity contribution in [3.05, 3.63) is 17.1 Å². The van der Waals surface area contributed by atoms with Gasteiger partial charge in [-0.2, -0.15) is 0 Å². The Morgan fingerprint density at radius 1 is 1.31 bits per heavy atom. The molecule has 0 aliphatic heterocycles. The van der Waals surface area contributed by atoms with E-state index in [1.54, 1.807) is 0 Å². The molecule has 1 heterocycles. The van der Waals surface area contributed by atoms with Gasteiger partial charge < -0.3 is 0 Å². The highest BCUT2D eigenvalue weighted by atomic mass is 14.8. The van der Waals surface area contributed by atoms with Gasteiger partial charge in [0.15, 0.2) is 7.28 Å². The molecule has 1 radical (unpaired) electrons. The number of aryl methyl sites for hydroxylation is 2. The number of hydrogen-bond acceptors (Lipinski definition) is 2. The van der Waals surface area contributed by atoms with Crippen molar-refractivity contribution in [2.75, 3.05) is 0 Å². The molecule has 0 atom stereocenters. The number of hydrogen-bond donors (Lipinski definition) is 0. The molecule has 0 saturated carbocycles. The number of rotatable bonds is 2. The van der Waals surface area contributed by atoms with Crippen molar-refractivity contribution in [3.8, 4) is 0 Å². The van der Waals surface area contributed by atoms with Gasteiger partial charge in [-0.15, -0.1) is 0 Å². The van der Waals surface area contributed by atoms with Gasteiger partial charge in [-0.1, -0.05) is 20.7 Å². The minimum atomic E-state index is 0.200. The Labute approximate surface area is 82.5 Å². The van der Waals surface area contributed by atoms with Crippen molar-refractivity contribution < 1.29 is 1.37 Å². The third-order valence-electron chi connectivity index (χ3n) is 2.03. The molecule has 0 fully saturated rings. The molecule has 0 N–H and O–H groups in total. The summed E-state index contributed by atoms with van der Waals surface area (Å²) < 4.78 is 7.34. The minimum Gasteiger partial charge on any atom is -0.265 e. The van der Waals surface area contributed by atoms with Gasteiger partial charge in [-0.3, -0.25) is 9.97 Å². The van der Waals surface area contributed by atoms with E-state index in [0.29, 0.717) is 5.92 Å². The molecule has 0 spiro atoms. The van der Waals surface area contributed by atoms with Gasteiger partial charge in [0, 0.05) is 12.7 Å². The monoisotopic (exact) mass is 176 g/mol. The van der Waals surface area contributed by atoms with Crippen LogP contribution in [0.25, 0.3) is 0 Å². The summed E-state index contributed by atoms with van der Waals surface area (Å²) in [6.07, 6.45) is 0. The maximum atomic E-state index is 7.34. The van der Waals surface area contributed by atoms with Crippen LogP contribution in [0.4, 0.5) is 0 Å². The lowest BCUT2D eigenvalue weighted by Crippen LogP contribution is -2.24. The van der Waals surface area contributed by atoms with E-state index < -0.39 is 0 Å². The highest BCUT2D eigenvalue weighted by Crippen LogP contribution is 2.13. The average Bonchev–Trinajstić information content (AvgIpc) is 2.16. The van der Waals surface area contributed by atoms with E-state index in [0.717, 1.165) is 22.7 Å². The standard InChI is InChI=1S/C10H16BN2/c1-6(2)9-7(3)12-8(4)10(11-5)13-9/h6H,1-5H3/i4D. The van der Waals surface area contributed by atoms with Crippen LogP contribution < -0.4 is 5.59 Å². The highest BCUT2D eigenvalue weighted by molar-refractivity contribution is 6.51. The Morgan fingerprint density at radius 2 is 2.00 bits per heavy atom. The van der Waals surface area contributed by atoms with Crippen molar-refractivity contribution in [2.45, 2.75) is 40.4 Å². The van der Waals surface area contributed by atoms with Crippen LogP contribution in [0.2, 0.25) is 6.82 Å². The van der Waals surface area contributed by atoms with Crippen LogP contribution in [-0.2, 0) is 0 Å². The van der Waals surface area contributed by atoms with E-state index in [4.69, 9.17) is 1.37 Å². The van der Waals surface area contributed by atoms with E-state index >= 15 is 0 Å². The Bertz CT molecular complexity index is 326. The van der Waals surface area contributed by atoms with Crippen molar-refractivity contribution in [1.29, 1.82) is 0 Å². The Morgan fingerprint density at radius 3 is 2.46 bits per heavy atom. The van der Waals surface area contributed by atoms with Crippen LogP contribution in [0.1, 0.15) is 38.2 Å². The molecule has 0 aliphatic rings. The molecule has 13 heavy (non-hydrogen) atoms. The molecule has 1 aromatic rings. The predicted molar refractivity (Wildman–Crippen MR) is 56.8 cm³/mol. The first-order valence-electron chi connectivity index (χ1n) is 5.26. The largest absolute Gasteiger partial charge is 0.265 e. The minimum absolute atomic E-state index is 0.200. The fraction of sp³-hybridized carbons (Fsp3) is 0.600. The maximum absolute atomic E-state index is 7.34. The molecule has 3 heteroatoms. The van der Waals surface area contributed by atoms with Gasteiger partial charge in [0.2, 0.25) is 0 Å². The maximum Gasteiger partial charge on any atom is 0.176 e. The Hall–Kier alpha value is -0.855. The summed E-state index contributed by atoms with van der Waals surface area (Å²) in [5, 5.41) is 0. The Balaban J connectivity index is 3.23. The fourth-order valence-corrected chi connectivity index (χ4v) is 1.37. The quantitative estimate of drug-likeness (QED) is 0.639. The normalized spacial score (nSPS) is 11.6. The molecule has 0 aliphatic carbocycles. The molecule has 2 nitrogen and oxygen atoms in total. The van der Waals surface area contributed by atoms with E-state index in [1.165, 1.54) is 0 Å². The topological polar surface area (TPSA) is 25.8 Å². The van der Waals surface area contributed by atoms with Gasteiger partial charge in [-0.25, -0.2) is 0 Å². The lowest BCUT2D eigenvalue weighted by Gasteiger charge is -2.11. The zero-order valence-electron chi connectivity index (χ0n) is 9.76. The lowest BCUT2D eigenvalue weighted by molar-refractivity contribution is 0.796. The molecule has 69 valence electrons. The third-order valence-corrected chi connectivity index (χ3v) is 2.03. The van der Waals surface area contributed by atoms with Crippen molar-refractivity contribution in [1.82, 2.24) is 9.97 Å². The van der Waals surface area contributed by atoms with Gasteiger partial charge in [-0.05, 0) is 19.7 Å². The highest BCUT2D eigenvalue weighted by Gasteiger charge is 2.09. The van der Waals surface area contributed by atoms with Gasteiger partial charge in [0.25, 0.3) is 0 Å². The fourth-order valence-electron chi connectivity index (χ4n) is 1.37. The van der Waals surface area contributed by atoms with E-state index in [2.05, 4.69) is 23.8 Å². The molecule has 1 aromatic heterocycles. The first-order chi connectivity index (χ1) is 6.60. The van der Waals surface area contributed by atoms with Crippen LogP contribution in [0.3, 0.4) is 0 Å². The summed E-state index contributed by atoms with van der Waals surface area (Å²) in [5.41, 5.74) is 3.62.